The maximum absolute atomic E-state index is 12.4. The Bertz CT molecular complexity index is 473. The Morgan fingerprint density at radius 1 is 1.24 bits per heavy atom. The number of ether oxygens (including phenoxy) is 1. The van der Waals surface area contributed by atoms with E-state index in [0.29, 0.717) is 6.61 Å². The molecule has 1 rings (SSSR count). The van der Waals surface area contributed by atoms with Crippen molar-refractivity contribution in [3.63, 3.8) is 0 Å². The molecular weight excluding hydrogens is 272 g/mol. The highest BCUT2D eigenvalue weighted by Crippen LogP contribution is 2.15. The number of carbonyl (C=O) groups is 2. The zero-order valence-electron chi connectivity index (χ0n) is 12.7. The summed E-state index contributed by atoms with van der Waals surface area (Å²) < 4.78 is 4.91. The summed E-state index contributed by atoms with van der Waals surface area (Å²) in [6.45, 7) is 2.24. The summed E-state index contributed by atoms with van der Waals surface area (Å²) in [6, 6.07) is 7.25. The van der Waals surface area contributed by atoms with Crippen LogP contribution in [0.4, 0.5) is 10.5 Å². The van der Waals surface area contributed by atoms with Gasteiger partial charge in [0.2, 0.25) is 0 Å². The van der Waals surface area contributed by atoms with Crippen LogP contribution in [-0.4, -0.2) is 55.9 Å². The first-order valence-corrected chi connectivity index (χ1v) is 6.81. The molecule has 0 aliphatic carbocycles. The maximum Gasteiger partial charge on any atom is 0.324 e. The lowest BCUT2D eigenvalue weighted by atomic mass is 10.1. The Morgan fingerprint density at radius 2 is 1.86 bits per heavy atom. The number of carbonyl (C=O) groups excluding carboxylic acids is 1. The molecule has 0 aromatic heterocycles. The zero-order chi connectivity index (χ0) is 15.8. The second-order valence-electron chi connectivity index (χ2n) is 4.67. The fourth-order valence-electron chi connectivity index (χ4n) is 1.88. The molecule has 0 saturated carbocycles. The molecule has 0 saturated heterocycles. The first kappa shape index (κ1) is 17.0. The number of aliphatic carboxylic acids is 1. The van der Waals surface area contributed by atoms with Gasteiger partial charge in [0, 0.05) is 26.4 Å². The summed E-state index contributed by atoms with van der Waals surface area (Å²) in [6.07, 6.45) is 0.927. The number of anilines is 1. The standard InChI is InChI=1S/C15H22N2O4/c1-4-12-5-7-13(8-6-12)16(2)15(20)17(9-10-21-3)11-14(18)19/h5-8H,4,9-11H2,1-3H3,(H,18,19). The minimum absolute atomic E-state index is 0.235. The van der Waals surface area contributed by atoms with Crippen LogP contribution in [0.5, 0.6) is 0 Å². The molecule has 2 amide bonds. The van der Waals surface area contributed by atoms with E-state index < -0.39 is 5.97 Å². The molecule has 1 aromatic rings. The van der Waals surface area contributed by atoms with Gasteiger partial charge >= 0.3 is 12.0 Å². The number of aryl methyl sites for hydroxylation is 1. The third-order valence-electron chi connectivity index (χ3n) is 3.18. The van der Waals surface area contributed by atoms with Crippen LogP contribution in [0.25, 0.3) is 0 Å². The molecular formula is C15H22N2O4. The molecule has 21 heavy (non-hydrogen) atoms. The molecule has 0 heterocycles. The van der Waals surface area contributed by atoms with Gasteiger partial charge in [-0.15, -0.1) is 0 Å². The van der Waals surface area contributed by atoms with E-state index in [1.165, 1.54) is 22.5 Å². The van der Waals surface area contributed by atoms with Crippen LogP contribution in [0.2, 0.25) is 0 Å². The number of nitrogens with zero attached hydrogens (tertiary/aromatic N) is 2. The van der Waals surface area contributed by atoms with Gasteiger partial charge in [-0.1, -0.05) is 19.1 Å². The summed E-state index contributed by atoms with van der Waals surface area (Å²) in [4.78, 5) is 25.9. The maximum atomic E-state index is 12.4. The first-order valence-electron chi connectivity index (χ1n) is 6.81. The second kappa shape index (κ2) is 8.26. The van der Waals surface area contributed by atoms with E-state index in [9.17, 15) is 9.59 Å². The van der Waals surface area contributed by atoms with E-state index >= 15 is 0 Å². The Labute approximate surface area is 124 Å². The first-order chi connectivity index (χ1) is 9.99. The molecule has 6 heteroatoms. The van der Waals surface area contributed by atoms with Crippen LogP contribution in [0, 0.1) is 0 Å². The Kier molecular flexibility index (Phi) is 6.68. The number of hydrogen-bond acceptors (Lipinski definition) is 3. The van der Waals surface area contributed by atoms with Crippen LogP contribution in [-0.2, 0) is 16.0 Å². The van der Waals surface area contributed by atoms with E-state index in [1.807, 2.05) is 24.3 Å². The van der Waals surface area contributed by atoms with E-state index in [4.69, 9.17) is 9.84 Å². The number of methoxy groups -OCH3 is 1. The van der Waals surface area contributed by atoms with Gasteiger partial charge in [-0.3, -0.25) is 9.69 Å². The molecule has 0 aliphatic rings. The van der Waals surface area contributed by atoms with Crippen molar-refractivity contribution >= 4 is 17.7 Å². The number of urea groups is 1. The smallest absolute Gasteiger partial charge is 0.324 e. The molecule has 0 unspecified atom stereocenters. The van der Waals surface area contributed by atoms with Crippen molar-refractivity contribution in [2.45, 2.75) is 13.3 Å². The van der Waals surface area contributed by atoms with Crippen molar-refractivity contribution in [2.24, 2.45) is 0 Å². The van der Waals surface area contributed by atoms with E-state index in [-0.39, 0.29) is 19.1 Å². The van der Waals surface area contributed by atoms with Crippen LogP contribution in [0.3, 0.4) is 0 Å². The Balaban J connectivity index is 2.81. The fraction of sp³-hybridized carbons (Fsp3) is 0.467. The largest absolute Gasteiger partial charge is 0.480 e. The quantitative estimate of drug-likeness (QED) is 0.833. The zero-order valence-corrected chi connectivity index (χ0v) is 12.7. The monoisotopic (exact) mass is 294 g/mol. The molecule has 0 fully saturated rings. The lowest BCUT2D eigenvalue weighted by molar-refractivity contribution is -0.137. The highest BCUT2D eigenvalue weighted by atomic mass is 16.5. The summed E-state index contributed by atoms with van der Waals surface area (Å²) in [5.74, 6) is -1.05. The summed E-state index contributed by atoms with van der Waals surface area (Å²) >= 11 is 0. The number of amides is 2. The topological polar surface area (TPSA) is 70.1 Å². The van der Waals surface area contributed by atoms with Crippen LogP contribution < -0.4 is 4.90 Å². The van der Waals surface area contributed by atoms with Crippen LogP contribution >= 0.6 is 0 Å². The molecule has 0 spiro atoms. The average molecular weight is 294 g/mol. The van der Waals surface area contributed by atoms with Crippen molar-refractivity contribution in [2.75, 3.05) is 38.8 Å². The van der Waals surface area contributed by atoms with Gasteiger partial charge in [0.05, 0.1) is 6.61 Å². The number of carboxylic acid groups (broad SMARTS) is 1. The molecule has 0 bridgehead atoms. The molecule has 1 aromatic carbocycles. The van der Waals surface area contributed by atoms with Crippen molar-refractivity contribution in [1.29, 1.82) is 0 Å². The SMILES string of the molecule is CCc1ccc(N(C)C(=O)N(CCOC)CC(=O)O)cc1. The van der Waals surface area contributed by atoms with E-state index in [2.05, 4.69) is 6.92 Å². The lowest BCUT2D eigenvalue weighted by Gasteiger charge is -2.27. The number of hydrogen-bond donors (Lipinski definition) is 1. The van der Waals surface area contributed by atoms with Gasteiger partial charge in [0.15, 0.2) is 0 Å². The Morgan fingerprint density at radius 3 is 2.33 bits per heavy atom. The third-order valence-corrected chi connectivity index (χ3v) is 3.18. The molecule has 1 N–H and O–H groups in total. The molecule has 6 nitrogen and oxygen atoms in total. The summed E-state index contributed by atoms with van der Waals surface area (Å²) in [5, 5.41) is 8.90. The molecule has 116 valence electrons. The number of benzene rings is 1. The van der Waals surface area contributed by atoms with Crippen LogP contribution in [0.1, 0.15) is 12.5 Å². The minimum atomic E-state index is -1.05. The lowest BCUT2D eigenvalue weighted by Crippen LogP contribution is -2.45. The predicted octanol–water partition coefficient (Wildman–Crippen LogP) is 1.84. The van der Waals surface area contributed by atoms with E-state index in [0.717, 1.165) is 12.1 Å². The molecule has 0 radical (unpaired) electrons. The van der Waals surface area contributed by atoms with Crippen molar-refractivity contribution in [1.82, 2.24) is 4.90 Å². The highest BCUT2D eigenvalue weighted by Gasteiger charge is 2.21. The third kappa shape index (κ3) is 5.07. The van der Waals surface area contributed by atoms with E-state index in [1.54, 1.807) is 7.05 Å². The van der Waals surface area contributed by atoms with Crippen molar-refractivity contribution in [3.8, 4) is 0 Å². The van der Waals surface area contributed by atoms with Crippen LogP contribution in [0.15, 0.2) is 24.3 Å². The fourth-order valence-corrected chi connectivity index (χ4v) is 1.88. The van der Waals surface area contributed by atoms with Gasteiger partial charge in [-0.25, -0.2) is 4.79 Å². The van der Waals surface area contributed by atoms with Gasteiger partial charge in [0.1, 0.15) is 6.54 Å². The number of rotatable bonds is 7. The van der Waals surface area contributed by atoms with Gasteiger partial charge in [-0.05, 0) is 24.1 Å². The summed E-state index contributed by atoms with van der Waals surface area (Å²) in [5.41, 5.74) is 1.91. The normalized spacial score (nSPS) is 10.2. The van der Waals surface area contributed by atoms with Gasteiger partial charge in [-0.2, -0.15) is 0 Å². The summed E-state index contributed by atoms with van der Waals surface area (Å²) in [7, 11) is 3.14. The Hall–Kier alpha value is -2.08. The van der Waals surface area contributed by atoms with Gasteiger partial charge in [0.25, 0.3) is 0 Å². The molecule has 0 aliphatic heterocycles. The average Bonchev–Trinajstić information content (AvgIpc) is 2.49. The van der Waals surface area contributed by atoms with Crippen molar-refractivity contribution in [3.05, 3.63) is 29.8 Å². The van der Waals surface area contributed by atoms with Gasteiger partial charge < -0.3 is 14.7 Å². The van der Waals surface area contributed by atoms with Crippen molar-refractivity contribution < 1.29 is 19.4 Å². The predicted molar refractivity (Wildman–Crippen MR) is 80.7 cm³/mol. The number of carboxylic acids is 1. The highest BCUT2D eigenvalue weighted by molar-refractivity contribution is 5.93. The second-order valence-corrected chi connectivity index (χ2v) is 4.67. The molecule has 0 atom stereocenters. The minimum Gasteiger partial charge on any atom is -0.480 e.